The van der Waals surface area contributed by atoms with Crippen LogP contribution < -0.4 is 19.1 Å². The van der Waals surface area contributed by atoms with Gasteiger partial charge in [-0.15, -0.1) is 0 Å². The summed E-state index contributed by atoms with van der Waals surface area (Å²) in [7, 11) is 3.34. The van der Waals surface area contributed by atoms with Crippen LogP contribution in [0.15, 0.2) is 72.9 Å². The molecule has 0 fully saturated rings. The van der Waals surface area contributed by atoms with Crippen LogP contribution in [0.2, 0.25) is 0 Å². The van der Waals surface area contributed by atoms with Crippen molar-refractivity contribution in [3.8, 4) is 17.2 Å². The fourth-order valence-electron chi connectivity index (χ4n) is 3.55. The van der Waals surface area contributed by atoms with E-state index in [0.717, 1.165) is 28.9 Å². The smallest absolute Gasteiger partial charge is 0.283 e. The lowest BCUT2D eigenvalue weighted by atomic mass is 10.1. The highest BCUT2D eigenvalue weighted by Crippen LogP contribution is 2.37. The van der Waals surface area contributed by atoms with Crippen molar-refractivity contribution in [2.75, 3.05) is 14.2 Å². The minimum atomic E-state index is -1.46. The van der Waals surface area contributed by atoms with E-state index in [1.807, 2.05) is 24.4 Å². The number of nitro benzene ring substituents is 3. The number of aromatic nitrogens is 1. The molecule has 3 aromatic carbocycles. The molecule has 1 heterocycles. The first-order chi connectivity index (χ1) is 17.7. The maximum absolute atomic E-state index is 11.1. The fraction of sp³-hybridized carbons (Fsp3) is 0.125. The van der Waals surface area contributed by atoms with Crippen molar-refractivity contribution in [2.45, 2.75) is 6.54 Å². The van der Waals surface area contributed by atoms with Gasteiger partial charge in [0.1, 0.15) is 0 Å². The minimum absolute atomic E-state index is 0.384. The van der Waals surface area contributed by atoms with Crippen LogP contribution in [0.4, 0.5) is 17.1 Å². The van der Waals surface area contributed by atoms with Gasteiger partial charge in [0.05, 0.1) is 52.3 Å². The van der Waals surface area contributed by atoms with Crippen molar-refractivity contribution < 1.29 is 33.9 Å². The number of nitro groups is 3. The SMILES string of the molecule is COc1c[n+](Cc2ccccc2)c2ccccc2c1OC.O=[N+]([O-])c1cc([N+](=O)[O-])c([O-])c([N+](=O)[O-])c1. The molecule has 4 rings (SSSR count). The molecule has 13 nitrogen and oxygen atoms in total. The third-order valence-electron chi connectivity index (χ3n) is 5.21. The third kappa shape index (κ3) is 5.85. The van der Waals surface area contributed by atoms with Crippen molar-refractivity contribution in [2.24, 2.45) is 0 Å². The van der Waals surface area contributed by atoms with Crippen LogP contribution in [0.3, 0.4) is 0 Å². The van der Waals surface area contributed by atoms with E-state index in [4.69, 9.17) is 9.47 Å². The van der Waals surface area contributed by atoms with Gasteiger partial charge in [0.15, 0.2) is 12.3 Å². The van der Waals surface area contributed by atoms with Crippen molar-refractivity contribution >= 4 is 28.0 Å². The highest BCUT2D eigenvalue weighted by atomic mass is 16.6. The standard InChI is InChI=1S/C18H18NO2.C6H3N3O7/c1-20-17-13-19(12-14-8-4-3-5-9-14)16-11-7-6-10-15(16)18(17)21-2;10-6-4(8(13)14)1-3(7(11)12)2-5(6)9(15)16/h3-11,13H,12H2,1-2H3;1-2,10H/q+1;/p-1. The second-order valence-corrected chi connectivity index (χ2v) is 7.45. The molecule has 0 amide bonds. The molecule has 13 heteroatoms. The number of non-ortho nitro benzene ring substituents is 1. The van der Waals surface area contributed by atoms with Crippen molar-refractivity contribution in [3.63, 3.8) is 0 Å². The molecule has 0 saturated heterocycles. The fourth-order valence-corrected chi connectivity index (χ4v) is 3.55. The Morgan fingerprint density at radius 3 is 1.86 bits per heavy atom. The number of methoxy groups -OCH3 is 2. The van der Waals surface area contributed by atoms with E-state index >= 15 is 0 Å². The van der Waals surface area contributed by atoms with E-state index in [2.05, 4.69) is 41.0 Å². The summed E-state index contributed by atoms with van der Waals surface area (Å²) in [4.78, 5) is 27.5. The van der Waals surface area contributed by atoms with Crippen LogP contribution in [0.25, 0.3) is 10.9 Å². The molecule has 0 atom stereocenters. The molecule has 37 heavy (non-hydrogen) atoms. The number of ether oxygens (including phenoxy) is 2. The Labute approximate surface area is 209 Å². The van der Waals surface area contributed by atoms with Gasteiger partial charge in [0.2, 0.25) is 17.5 Å². The molecule has 0 spiro atoms. The van der Waals surface area contributed by atoms with E-state index in [9.17, 15) is 35.4 Å². The van der Waals surface area contributed by atoms with Gasteiger partial charge in [-0.2, -0.15) is 4.57 Å². The van der Waals surface area contributed by atoms with E-state index in [-0.39, 0.29) is 0 Å². The monoisotopic (exact) mass is 508 g/mol. The van der Waals surface area contributed by atoms with Gasteiger partial charge in [-0.1, -0.05) is 42.5 Å². The van der Waals surface area contributed by atoms with Gasteiger partial charge in [0.25, 0.3) is 17.1 Å². The molecular formula is C24H20N4O9. The molecule has 0 unspecified atom stereocenters. The highest BCUT2D eigenvalue weighted by molar-refractivity contribution is 5.84. The van der Waals surface area contributed by atoms with Crippen molar-refractivity contribution in [1.29, 1.82) is 0 Å². The largest absolute Gasteiger partial charge is 0.863 e. The Kier molecular flexibility index (Phi) is 8.09. The van der Waals surface area contributed by atoms with Crippen LogP contribution in [0.1, 0.15) is 5.56 Å². The molecule has 0 saturated carbocycles. The summed E-state index contributed by atoms with van der Waals surface area (Å²) in [5, 5.41) is 43.2. The first-order valence-electron chi connectivity index (χ1n) is 10.5. The predicted octanol–water partition coefficient (Wildman–Crippen LogP) is 3.68. The lowest BCUT2D eigenvalue weighted by Crippen LogP contribution is -2.35. The highest BCUT2D eigenvalue weighted by Gasteiger charge is 2.24. The van der Waals surface area contributed by atoms with Gasteiger partial charge < -0.3 is 14.6 Å². The number of nitrogens with zero attached hydrogens (tertiary/aromatic N) is 4. The lowest BCUT2D eigenvalue weighted by molar-refractivity contribution is -0.662. The van der Waals surface area contributed by atoms with Crippen LogP contribution in [-0.2, 0) is 6.54 Å². The average molecular weight is 508 g/mol. The van der Waals surface area contributed by atoms with Gasteiger partial charge in [-0.25, -0.2) is 0 Å². The first kappa shape index (κ1) is 26.3. The summed E-state index contributed by atoms with van der Waals surface area (Å²) in [6, 6.07) is 19.4. The maximum atomic E-state index is 11.1. The van der Waals surface area contributed by atoms with E-state index in [1.54, 1.807) is 14.2 Å². The summed E-state index contributed by atoms with van der Waals surface area (Å²) in [5.41, 5.74) is -0.890. The van der Waals surface area contributed by atoms with Gasteiger partial charge in [-0.3, -0.25) is 30.3 Å². The summed E-state index contributed by atoms with van der Waals surface area (Å²) in [6.45, 7) is 0.793. The summed E-state index contributed by atoms with van der Waals surface area (Å²) >= 11 is 0. The molecule has 0 N–H and O–H groups in total. The molecule has 0 aliphatic carbocycles. The Balaban J connectivity index is 0.000000214. The minimum Gasteiger partial charge on any atom is -0.863 e. The van der Waals surface area contributed by atoms with Gasteiger partial charge >= 0.3 is 0 Å². The Bertz CT molecular complexity index is 1440. The number of benzene rings is 3. The Hall–Kier alpha value is -5.33. The topological polar surface area (TPSA) is 175 Å². The quantitative estimate of drug-likeness (QED) is 0.205. The number of para-hydroxylation sites is 1. The average Bonchev–Trinajstić information content (AvgIpc) is 2.89. The summed E-state index contributed by atoms with van der Waals surface area (Å²) in [6.07, 6.45) is 1.99. The Morgan fingerprint density at radius 2 is 1.35 bits per heavy atom. The molecule has 0 aliphatic rings. The van der Waals surface area contributed by atoms with Gasteiger partial charge in [-0.05, 0) is 6.07 Å². The van der Waals surface area contributed by atoms with E-state index in [0.29, 0.717) is 12.1 Å². The van der Waals surface area contributed by atoms with E-state index in [1.165, 1.54) is 5.56 Å². The van der Waals surface area contributed by atoms with E-state index < -0.39 is 37.6 Å². The van der Waals surface area contributed by atoms with Crippen LogP contribution in [-0.4, -0.2) is 29.0 Å². The number of hydrogen-bond acceptors (Lipinski definition) is 9. The summed E-state index contributed by atoms with van der Waals surface area (Å²) in [5.74, 6) is 0.0603. The zero-order valence-corrected chi connectivity index (χ0v) is 19.6. The first-order valence-corrected chi connectivity index (χ1v) is 10.5. The molecule has 1 aromatic heterocycles. The second kappa shape index (κ2) is 11.4. The molecule has 190 valence electrons. The zero-order valence-electron chi connectivity index (χ0n) is 19.6. The van der Waals surface area contributed by atoms with Crippen molar-refractivity contribution in [3.05, 3.63) is 109 Å². The van der Waals surface area contributed by atoms with Crippen molar-refractivity contribution in [1.82, 2.24) is 0 Å². The van der Waals surface area contributed by atoms with Crippen LogP contribution in [0, 0.1) is 30.3 Å². The summed E-state index contributed by atoms with van der Waals surface area (Å²) < 4.78 is 13.2. The lowest BCUT2D eigenvalue weighted by Gasteiger charge is -2.10. The molecule has 0 aliphatic heterocycles. The molecular weight excluding hydrogens is 488 g/mol. The second-order valence-electron chi connectivity index (χ2n) is 7.45. The predicted molar refractivity (Wildman–Crippen MR) is 129 cm³/mol. The van der Waals surface area contributed by atoms with Gasteiger partial charge in [0, 0.05) is 11.6 Å². The Morgan fingerprint density at radius 1 is 0.784 bits per heavy atom. The number of hydrogen-bond donors (Lipinski definition) is 0. The van der Waals surface area contributed by atoms with Crippen LogP contribution in [0.5, 0.6) is 17.2 Å². The number of rotatable bonds is 7. The maximum Gasteiger partial charge on any atom is 0.283 e. The number of pyridine rings is 1. The third-order valence-corrected chi connectivity index (χ3v) is 5.21. The molecule has 4 aromatic rings. The molecule has 0 bridgehead atoms. The molecule has 0 radical (unpaired) electrons. The zero-order chi connectivity index (χ0) is 27.1. The normalized spacial score (nSPS) is 10.2. The van der Waals surface area contributed by atoms with Crippen LogP contribution >= 0.6 is 0 Å². The number of fused-ring (bicyclic) bond motifs is 1.